The normalized spacial score (nSPS) is 18.8. The molecule has 1 aliphatic heterocycles. The number of hydrogen-bond acceptors (Lipinski definition) is 4. The summed E-state index contributed by atoms with van der Waals surface area (Å²) in [6.45, 7) is 8.43. The van der Waals surface area contributed by atoms with Crippen molar-refractivity contribution in [1.82, 2.24) is 15.1 Å². The van der Waals surface area contributed by atoms with Gasteiger partial charge in [-0.25, -0.2) is 0 Å². The molecule has 0 saturated carbocycles. The van der Waals surface area contributed by atoms with E-state index < -0.39 is 0 Å². The minimum Gasteiger partial charge on any atom is -0.507 e. The fourth-order valence-corrected chi connectivity index (χ4v) is 3.83. The summed E-state index contributed by atoms with van der Waals surface area (Å²) in [7, 11) is 2.19. The number of rotatable bonds is 3. The van der Waals surface area contributed by atoms with E-state index in [1.54, 1.807) is 6.07 Å². The topological polar surface area (TPSA) is 49.2 Å². The predicted octanol–water partition coefficient (Wildman–Crippen LogP) is 3.66. The highest BCUT2D eigenvalue weighted by Gasteiger charge is 2.20. The molecular weight excluding hydrogens is 298 g/mol. The van der Waals surface area contributed by atoms with E-state index in [-0.39, 0.29) is 5.75 Å². The van der Waals surface area contributed by atoms with Gasteiger partial charge in [-0.05, 0) is 88.4 Å². The van der Waals surface area contributed by atoms with Gasteiger partial charge in [0.2, 0.25) is 0 Å². The van der Waals surface area contributed by atoms with Gasteiger partial charge in [0.25, 0.3) is 0 Å². The van der Waals surface area contributed by atoms with Crippen molar-refractivity contribution < 1.29 is 5.11 Å². The number of aromatic nitrogens is 2. The maximum absolute atomic E-state index is 10.3. The van der Waals surface area contributed by atoms with Crippen LogP contribution in [0.2, 0.25) is 0 Å². The average Bonchev–Trinajstić information content (AvgIpc) is 2.49. The van der Waals surface area contributed by atoms with Gasteiger partial charge in [-0.15, -0.1) is 0 Å². The molecule has 4 nitrogen and oxygen atoms in total. The van der Waals surface area contributed by atoms with Crippen LogP contribution in [0.15, 0.2) is 18.2 Å². The minimum atomic E-state index is 0.280. The molecule has 0 radical (unpaired) electrons. The lowest BCUT2D eigenvalue weighted by atomic mass is 9.92. The van der Waals surface area contributed by atoms with E-state index in [0.29, 0.717) is 5.92 Å². The molecule has 3 rings (SSSR count). The Morgan fingerprint density at radius 2 is 1.92 bits per heavy atom. The highest BCUT2D eigenvalue weighted by atomic mass is 16.3. The highest BCUT2D eigenvalue weighted by Crippen LogP contribution is 2.33. The number of nitrogens with zero attached hydrogens (tertiary/aromatic N) is 3. The summed E-state index contributed by atoms with van der Waals surface area (Å²) in [5.41, 5.74) is 5.88. The summed E-state index contributed by atoms with van der Waals surface area (Å²) >= 11 is 0. The maximum Gasteiger partial charge on any atom is 0.125 e. The zero-order chi connectivity index (χ0) is 17.3. The summed E-state index contributed by atoms with van der Waals surface area (Å²) in [4.78, 5) is 2.40. The zero-order valence-corrected chi connectivity index (χ0v) is 15.1. The Morgan fingerprint density at radius 3 is 2.58 bits per heavy atom. The van der Waals surface area contributed by atoms with Crippen LogP contribution in [0.25, 0.3) is 11.3 Å². The number of piperidine rings is 1. The van der Waals surface area contributed by atoms with Gasteiger partial charge in [-0.1, -0.05) is 6.07 Å². The molecule has 0 bridgehead atoms. The lowest BCUT2D eigenvalue weighted by Gasteiger charge is -2.29. The van der Waals surface area contributed by atoms with Gasteiger partial charge >= 0.3 is 0 Å². The van der Waals surface area contributed by atoms with Crippen LogP contribution < -0.4 is 0 Å². The molecule has 0 unspecified atom stereocenters. The molecule has 0 aliphatic carbocycles. The number of benzene rings is 1. The molecule has 1 fully saturated rings. The minimum absolute atomic E-state index is 0.280. The fourth-order valence-electron chi connectivity index (χ4n) is 3.83. The zero-order valence-electron chi connectivity index (χ0n) is 15.1. The van der Waals surface area contributed by atoms with Gasteiger partial charge < -0.3 is 10.0 Å². The molecule has 1 atom stereocenters. The molecule has 1 aliphatic rings. The first-order chi connectivity index (χ1) is 11.4. The van der Waals surface area contributed by atoms with Gasteiger partial charge in [0.05, 0.1) is 11.4 Å². The number of phenols is 1. The first-order valence-electron chi connectivity index (χ1n) is 8.76. The fraction of sp³-hybridized carbons (Fsp3) is 0.500. The Hall–Kier alpha value is -1.94. The lowest BCUT2D eigenvalue weighted by Crippen LogP contribution is -2.33. The average molecular weight is 325 g/mol. The van der Waals surface area contributed by atoms with Crippen molar-refractivity contribution in [1.29, 1.82) is 0 Å². The van der Waals surface area contributed by atoms with Crippen molar-refractivity contribution in [2.45, 2.75) is 40.0 Å². The monoisotopic (exact) mass is 325 g/mol. The van der Waals surface area contributed by atoms with Crippen LogP contribution in [-0.4, -0.2) is 40.3 Å². The molecule has 4 heteroatoms. The van der Waals surface area contributed by atoms with Gasteiger partial charge in [0.1, 0.15) is 5.75 Å². The predicted molar refractivity (Wildman–Crippen MR) is 97.3 cm³/mol. The first-order valence-corrected chi connectivity index (χ1v) is 8.76. The van der Waals surface area contributed by atoms with E-state index in [1.165, 1.54) is 19.4 Å². The van der Waals surface area contributed by atoms with Crippen molar-refractivity contribution in [2.75, 3.05) is 20.1 Å². The second-order valence-corrected chi connectivity index (χ2v) is 7.31. The molecule has 1 aromatic carbocycles. The number of aromatic hydroxyl groups is 1. The number of hydrogen-bond donors (Lipinski definition) is 1. The van der Waals surface area contributed by atoms with Crippen LogP contribution in [0.5, 0.6) is 5.75 Å². The number of likely N-dealkylation sites (tertiary alicyclic amines) is 1. The number of phenolic OH excluding ortho intramolecular Hbond substituents is 1. The van der Waals surface area contributed by atoms with Crippen LogP contribution in [0.1, 0.15) is 35.2 Å². The van der Waals surface area contributed by atoms with Crippen LogP contribution in [-0.2, 0) is 6.42 Å². The molecule has 2 aromatic rings. The molecule has 1 aromatic heterocycles. The maximum atomic E-state index is 10.3. The summed E-state index contributed by atoms with van der Waals surface area (Å²) in [5, 5.41) is 19.2. The second-order valence-electron chi connectivity index (χ2n) is 7.31. The Balaban J connectivity index is 1.85. The van der Waals surface area contributed by atoms with E-state index in [2.05, 4.69) is 41.2 Å². The van der Waals surface area contributed by atoms with Gasteiger partial charge in [0, 0.05) is 12.1 Å². The van der Waals surface area contributed by atoms with E-state index in [4.69, 9.17) is 0 Å². The summed E-state index contributed by atoms with van der Waals surface area (Å²) in [6, 6.07) is 5.91. The van der Waals surface area contributed by atoms with Crippen molar-refractivity contribution in [3.8, 4) is 17.0 Å². The smallest absolute Gasteiger partial charge is 0.125 e. The summed E-state index contributed by atoms with van der Waals surface area (Å²) in [6.07, 6.45) is 3.52. The standard InChI is InChI=1S/C20H27N3O/c1-13-8-15(3)20(19(24)9-13)18-10-14(2)17(21-22-18)11-16-6-5-7-23(4)12-16/h8-10,16,24H,5-7,11-12H2,1-4H3/t16-/m0/s1. The van der Waals surface area contributed by atoms with Crippen molar-refractivity contribution >= 4 is 0 Å². The second kappa shape index (κ2) is 6.89. The first kappa shape index (κ1) is 16.9. The molecule has 1 N–H and O–H groups in total. The van der Waals surface area contributed by atoms with Crippen molar-refractivity contribution in [3.05, 3.63) is 40.6 Å². The van der Waals surface area contributed by atoms with Gasteiger partial charge in [0.15, 0.2) is 0 Å². The molecule has 128 valence electrons. The molecule has 1 saturated heterocycles. The van der Waals surface area contributed by atoms with Crippen LogP contribution in [0, 0.1) is 26.7 Å². The Labute approximate surface area is 144 Å². The van der Waals surface area contributed by atoms with Crippen LogP contribution in [0.4, 0.5) is 0 Å². The molecule has 0 spiro atoms. The van der Waals surface area contributed by atoms with Crippen molar-refractivity contribution in [2.24, 2.45) is 5.92 Å². The highest BCUT2D eigenvalue weighted by molar-refractivity contribution is 5.71. The quantitative estimate of drug-likeness (QED) is 0.935. The third-order valence-corrected chi connectivity index (χ3v) is 5.01. The van der Waals surface area contributed by atoms with E-state index in [1.807, 2.05) is 13.8 Å². The van der Waals surface area contributed by atoms with Crippen molar-refractivity contribution in [3.63, 3.8) is 0 Å². The van der Waals surface area contributed by atoms with Crippen LogP contribution in [0.3, 0.4) is 0 Å². The summed E-state index contributed by atoms with van der Waals surface area (Å²) < 4.78 is 0. The number of aryl methyl sites for hydroxylation is 3. The van der Waals surface area contributed by atoms with Gasteiger partial charge in [-0.2, -0.15) is 10.2 Å². The Morgan fingerprint density at radius 1 is 1.12 bits per heavy atom. The molecule has 24 heavy (non-hydrogen) atoms. The Kier molecular flexibility index (Phi) is 4.86. The molecule has 2 heterocycles. The largest absolute Gasteiger partial charge is 0.507 e. The lowest BCUT2D eigenvalue weighted by molar-refractivity contribution is 0.208. The summed E-state index contributed by atoms with van der Waals surface area (Å²) in [5.74, 6) is 0.944. The van der Waals surface area contributed by atoms with Gasteiger partial charge in [-0.3, -0.25) is 0 Å². The van der Waals surface area contributed by atoms with Crippen LogP contribution >= 0.6 is 0 Å². The Bertz CT molecular complexity index is 719. The molecular formula is C20H27N3O. The van der Waals surface area contributed by atoms with E-state index in [0.717, 1.165) is 46.6 Å². The SMILES string of the molecule is Cc1cc(C)c(-c2cc(C)c(C[C@@H]3CCCN(C)C3)nn2)c(O)c1. The van der Waals surface area contributed by atoms with E-state index >= 15 is 0 Å². The van der Waals surface area contributed by atoms with E-state index in [9.17, 15) is 5.11 Å². The third-order valence-electron chi connectivity index (χ3n) is 5.01. The third kappa shape index (κ3) is 3.59. The molecule has 0 amide bonds.